The van der Waals surface area contributed by atoms with Crippen LogP contribution in [-0.4, -0.2) is 28.7 Å². The lowest BCUT2D eigenvalue weighted by Gasteiger charge is -2.31. The molecule has 0 aliphatic heterocycles. The van der Waals surface area contributed by atoms with Gasteiger partial charge in [0.25, 0.3) is 5.91 Å². The lowest BCUT2D eigenvalue weighted by molar-refractivity contribution is 0.0908. The van der Waals surface area contributed by atoms with Gasteiger partial charge in [-0.25, -0.2) is 0 Å². The molecule has 2 atom stereocenters. The van der Waals surface area contributed by atoms with Crippen LogP contribution in [0.1, 0.15) is 36.0 Å². The summed E-state index contributed by atoms with van der Waals surface area (Å²) in [4.78, 5) is 11.8. The number of hydrogen-bond acceptors (Lipinski definition) is 3. The summed E-state index contributed by atoms with van der Waals surface area (Å²) < 4.78 is 0. The number of nitrogens with two attached hydrogens (primary N) is 1. The zero-order valence-electron chi connectivity index (χ0n) is 9.28. The van der Waals surface area contributed by atoms with E-state index in [4.69, 9.17) is 5.73 Å². The molecule has 4 N–H and O–H groups in total. The van der Waals surface area contributed by atoms with Crippen molar-refractivity contribution in [1.82, 2.24) is 15.5 Å². The molecule has 1 aliphatic rings. The molecule has 2 rings (SSSR count). The fraction of sp³-hybridized carbons (Fsp3) is 0.636. The SMILES string of the molecule is NCC1CCCCC1NC(=O)c1cn[nH]c1. The first kappa shape index (κ1) is 11.1. The third-order valence-electron chi connectivity index (χ3n) is 3.29. The Morgan fingerprint density at radius 1 is 1.56 bits per heavy atom. The number of H-pyrrole nitrogens is 1. The van der Waals surface area contributed by atoms with E-state index in [9.17, 15) is 4.79 Å². The zero-order chi connectivity index (χ0) is 11.4. The van der Waals surface area contributed by atoms with Crippen molar-refractivity contribution in [3.05, 3.63) is 18.0 Å². The summed E-state index contributed by atoms with van der Waals surface area (Å²) in [5.74, 6) is 0.365. The van der Waals surface area contributed by atoms with Gasteiger partial charge in [-0.05, 0) is 25.3 Å². The highest BCUT2D eigenvalue weighted by Gasteiger charge is 2.25. The molecule has 16 heavy (non-hydrogen) atoms. The van der Waals surface area contributed by atoms with E-state index in [1.807, 2.05) is 0 Å². The van der Waals surface area contributed by atoms with Crippen LogP contribution in [-0.2, 0) is 0 Å². The second kappa shape index (κ2) is 5.12. The van der Waals surface area contributed by atoms with Crippen LogP contribution < -0.4 is 11.1 Å². The molecule has 1 heterocycles. The van der Waals surface area contributed by atoms with Crippen molar-refractivity contribution in [3.63, 3.8) is 0 Å². The maximum absolute atomic E-state index is 11.8. The van der Waals surface area contributed by atoms with Crippen LogP contribution in [0.25, 0.3) is 0 Å². The van der Waals surface area contributed by atoms with E-state index in [0.717, 1.165) is 12.8 Å². The predicted octanol–water partition coefficient (Wildman–Crippen LogP) is 0.657. The Bertz CT molecular complexity index is 336. The molecule has 0 radical (unpaired) electrons. The molecule has 0 aromatic carbocycles. The molecule has 0 saturated heterocycles. The lowest BCUT2D eigenvalue weighted by Crippen LogP contribution is -2.44. The lowest BCUT2D eigenvalue weighted by atomic mass is 9.84. The van der Waals surface area contributed by atoms with E-state index in [1.54, 1.807) is 6.20 Å². The standard InChI is InChI=1S/C11H18N4O/c12-5-8-3-1-2-4-10(8)15-11(16)9-6-13-14-7-9/h6-8,10H,1-5,12H2,(H,13,14)(H,15,16). The summed E-state index contributed by atoms with van der Waals surface area (Å²) in [5, 5.41) is 9.45. The van der Waals surface area contributed by atoms with Crippen molar-refractivity contribution >= 4 is 5.91 Å². The third-order valence-corrected chi connectivity index (χ3v) is 3.29. The molecule has 0 spiro atoms. The first-order chi connectivity index (χ1) is 7.81. The smallest absolute Gasteiger partial charge is 0.254 e. The highest BCUT2D eigenvalue weighted by Crippen LogP contribution is 2.23. The van der Waals surface area contributed by atoms with Crippen LogP contribution in [0.5, 0.6) is 0 Å². The number of nitrogens with zero attached hydrogens (tertiary/aromatic N) is 1. The van der Waals surface area contributed by atoms with Gasteiger partial charge in [-0.1, -0.05) is 12.8 Å². The normalized spacial score (nSPS) is 25.3. The summed E-state index contributed by atoms with van der Waals surface area (Å²) in [5.41, 5.74) is 6.30. The molecule has 1 amide bonds. The number of carbonyl (C=O) groups excluding carboxylic acids is 1. The van der Waals surface area contributed by atoms with Crippen LogP contribution in [0.4, 0.5) is 0 Å². The Hall–Kier alpha value is -1.36. The Morgan fingerprint density at radius 2 is 2.38 bits per heavy atom. The van der Waals surface area contributed by atoms with Crippen LogP contribution in [0.2, 0.25) is 0 Å². The van der Waals surface area contributed by atoms with Gasteiger partial charge in [0.05, 0.1) is 11.8 Å². The minimum Gasteiger partial charge on any atom is -0.349 e. The minimum atomic E-state index is -0.0564. The van der Waals surface area contributed by atoms with Gasteiger partial charge in [0.2, 0.25) is 0 Å². The second-order valence-corrected chi connectivity index (χ2v) is 4.35. The van der Waals surface area contributed by atoms with Gasteiger partial charge in [0, 0.05) is 12.2 Å². The van der Waals surface area contributed by atoms with Gasteiger partial charge >= 0.3 is 0 Å². The number of nitrogens with one attached hydrogen (secondary N) is 2. The van der Waals surface area contributed by atoms with Gasteiger partial charge in [0.15, 0.2) is 0 Å². The van der Waals surface area contributed by atoms with E-state index in [-0.39, 0.29) is 11.9 Å². The van der Waals surface area contributed by atoms with Gasteiger partial charge in [-0.15, -0.1) is 0 Å². The van der Waals surface area contributed by atoms with Crippen molar-refractivity contribution in [3.8, 4) is 0 Å². The fourth-order valence-electron chi connectivity index (χ4n) is 2.31. The third kappa shape index (κ3) is 2.41. The molecule has 2 unspecified atom stereocenters. The number of hydrogen-bond donors (Lipinski definition) is 3. The predicted molar refractivity (Wildman–Crippen MR) is 60.9 cm³/mol. The van der Waals surface area contributed by atoms with Crippen LogP contribution in [0, 0.1) is 5.92 Å². The molecule has 0 bridgehead atoms. The molecular formula is C11H18N4O. The minimum absolute atomic E-state index is 0.0564. The van der Waals surface area contributed by atoms with E-state index in [1.165, 1.54) is 19.0 Å². The van der Waals surface area contributed by atoms with Gasteiger partial charge in [-0.2, -0.15) is 5.10 Å². The van der Waals surface area contributed by atoms with Crippen molar-refractivity contribution in [2.75, 3.05) is 6.54 Å². The Balaban J connectivity index is 1.95. The van der Waals surface area contributed by atoms with E-state index in [0.29, 0.717) is 18.0 Å². The fourth-order valence-corrected chi connectivity index (χ4v) is 2.31. The quantitative estimate of drug-likeness (QED) is 0.702. The molecule has 1 aliphatic carbocycles. The number of amides is 1. The first-order valence-corrected chi connectivity index (χ1v) is 5.81. The Labute approximate surface area is 94.8 Å². The van der Waals surface area contributed by atoms with Crippen LogP contribution in [0.15, 0.2) is 12.4 Å². The summed E-state index contributed by atoms with van der Waals surface area (Å²) in [6.07, 6.45) is 7.69. The van der Waals surface area contributed by atoms with Crippen LogP contribution in [0.3, 0.4) is 0 Å². The van der Waals surface area contributed by atoms with E-state index >= 15 is 0 Å². The average Bonchev–Trinajstić information content (AvgIpc) is 2.83. The van der Waals surface area contributed by atoms with Gasteiger partial charge in [0.1, 0.15) is 0 Å². The summed E-state index contributed by atoms with van der Waals surface area (Å²) in [6, 6.07) is 0.223. The Morgan fingerprint density at radius 3 is 3.06 bits per heavy atom. The summed E-state index contributed by atoms with van der Waals surface area (Å²) in [7, 11) is 0. The monoisotopic (exact) mass is 222 g/mol. The molecule has 1 aromatic heterocycles. The topological polar surface area (TPSA) is 83.8 Å². The second-order valence-electron chi connectivity index (χ2n) is 4.35. The number of aromatic amines is 1. The molecule has 5 heteroatoms. The summed E-state index contributed by atoms with van der Waals surface area (Å²) >= 11 is 0. The largest absolute Gasteiger partial charge is 0.349 e. The Kier molecular flexibility index (Phi) is 3.56. The maximum atomic E-state index is 11.8. The number of aromatic nitrogens is 2. The molecular weight excluding hydrogens is 204 g/mol. The highest BCUT2D eigenvalue weighted by atomic mass is 16.1. The molecule has 1 fully saturated rings. The molecule has 88 valence electrons. The van der Waals surface area contributed by atoms with E-state index < -0.39 is 0 Å². The maximum Gasteiger partial charge on any atom is 0.254 e. The first-order valence-electron chi connectivity index (χ1n) is 5.81. The van der Waals surface area contributed by atoms with Gasteiger partial charge < -0.3 is 11.1 Å². The van der Waals surface area contributed by atoms with E-state index in [2.05, 4.69) is 15.5 Å². The van der Waals surface area contributed by atoms with Crippen molar-refractivity contribution in [2.45, 2.75) is 31.7 Å². The van der Waals surface area contributed by atoms with Crippen molar-refractivity contribution in [2.24, 2.45) is 11.7 Å². The van der Waals surface area contributed by atoms with Gasteiger partial charge in [-0.3, -0.25) is 9.89 Å². The van der Waals surface area contributed by atoms with Crippen molar-refractivity contribution < 1.29 is 4.79 Å². The zero-order valence-corrected chi connectivity index (χ0v) is 9.28. The molecule has 1 saturated carbocycles. The molecule has 5 nitrogen and oxygen atoms in total. The summed E-state index contributed by atoms with van der Waals surface area (Å²) in [6.45, 7) is 0.649. The number of carbonyl (C=O) groups is 1. The number of rotatable bonds is 3. The highest BCUT2D eigenvalue weighted by molar-refractivity contribution is 5.93. The van der Waals surface area contributed by atoms with Crippen molar-refractivity contribution in [1.29, 1.82) is 0 Å². The van der Waals surface area contributed by atoms with Crippen LogP contribution >= 0.6 is 0 Å². The molecule has 1 aromatic rings. The average molecular weight is 222 g/mol.